The third-order valence-electron chi connectivity index (χ3n) is 5.24. The lowest BCUT2D eigenvalue weighted by molar-refractivity contribution is -0.136. The minimum Gasteiger partial charge on any atom is -0.389 e. The van der Waals surface area contributed by atoms with Crippen LogP contribution < -0.4 is 0 Å². The van der Waals surface area contributed by atoms with Gasteiger partial charge in [0.15, 0.2) is 0 Å². The molecular weight excluding hydrogens is 312 g/mol. The summed E-state index contributed by atoms with van der Waals surface area (Å²) in [4.78, 5) is 13.9. The van der Waals surface area contributed by atoms with Crippen LogP contribution >= 0.6 is 0 Å². The first-order chi connectivity index (χ1) is 12.1. The second-order valence-electron chi connectivity index (χ2n) is 7.24. The van der Waals surface area contributed by atoms with Crippen molar-refractivity contribution in [2.45, 2.75) is 32.4 Å². The summed E-state index contributed by atoms with van der Waals surface area (Å²) in [6.45, 7) is 3.82. The minimum absolute atomic E-state index is 0.166. The van der Waals surface area contributed by atoms with Crippen LogP contribution in [0.4, 0.5) is 0 Å². The van der Waals surface area contributed by atoms with Gasteiger partial charge in [0.2, 0.25) is 5.91 Å². The summed E-state index contributed by atoms with van der Waals surface area (Å²) >= 11 is 0. The molecule has 0 spiro atoms. The van der Waals surface area contributed by atoms with E-state index in [1.54, 1.807) is 0 Å². The van der Waals surface area contributed by atoms with Crippen LogP contribution in [0.1, 0.15) is 19.8 Å². The van der Waals surface area contributed by atoms with Crippen LogP contribution in [0.2, 0.25) is 0 Å². The number of aliphatic hydroxyl groups excluding tert-OH is 1. The van der Waals surface area contributed by atoms with Crippen molar-refractivity contribution in [3.63, 3.8) is 0 Å². The summed E-state index contributed by atoms with van der Waals surface area (Å²) in [6.07, 6.45) is 0.982. The number of likely N-dealkylation sites (tertiary alicyclic amines) is 1. The number of piperidine rings is 1. The monoisotopic (exact) mass is 336 g/mol. The molecular formula is C21H24N2O2. The van der Waals surface area contributed by atoms with Gasteiger partial charge in [0.05, 0.1) is 12.6 Å². The van der Waals surface area contributed by atoms with Gasteiger partial charge in [-0.3, -0.25) is 4.79 Å². The number of aliphatic hydroxyl groups is 1. The van der Waals surface area contributed by atoms with E-state index in [9.17, 15) is 9.90 Å². The predicted octanol–water partition coefficient (Wildman–Crippen LogP) is 3.41. The van der Waals surface area contributed by atoms with Crippen LogP contribution in [0.5, 0.6) is 0 Å². The van der Waals surface area contributed by atoms with E-state index < -0.39 is 6.10 Å². The van der Waals surface area contributed by atoms with E-state index in [2.05, 4.69) is 35.8 Å². The zero-order valence-corrected chi connectivity index (χ0v) is 14.6. The summed E-state index contributed by atoms with van der Waals surface area (Å²) in [6, 6.07) is 16.6. The summed E-state index contributed by atoms with van der Waals surface area (Å²) in [5.74, 6) is 0.678. The van der Waals surface area contributed by atoms with Gasteiger partial charge in [0.1, 0.15) is 0 Å². The lowest BCUT2D eigenvalue weighted by Crippen LogP contribution is -2.44. The molecule has 1 amide bonds. The van der Waals surface area contributed by atoms with E-state index in [-0.39, 0.29) is 5.91 Å². The molecule has 2 aromatic carbocycles. The average molecular weight is 336 g/mol. The number of amides is 1. The molecule has 25 heavy (non-hydrogen) atoms. The van der Waals surface area contributed by atoms with Gasteiger partial charge in [-0.1, -0.05) is 43.3 Å². The van der Waals surface area contributed by atoms with E-state index >= 15 is 0 Å². The highest BCUT2D eigenvalue weighted by Crippen LogP contribution is 2.29. The van der Waals surface area contributed by atoms with Gasteiger partial charge < -0.3 is 14.6 Å². The zero-order chi connectivity index (χ0) is 17.4. The first-order valence-electron chi connectivity index (χ1n) is 9.05. The Morgan fingerprint density at radius 3 is 2.28 bits per heavy atom. The van der Waals surface area contributed by atoms with Gasteiger partial charge in [-0.05, 0) is 24.5 Å². The molecule has 130 valence electrons. The Bertz CT molecular complexity index is 861. The lowest BCUT2D eigenvalue weighted by Gasteiger charge is -2.32. The maximum atomic E-state index is 12.1. The molecule has 0 radical (unpaired) electrons. The maximum Gasteiger partial charge on any atom is 0.222 e. The summed E-state index contributed by atoms with van der Waals surface area (Å²) in [7, 11) is 0. The highest BCUT2D eigenvalue weighted by atomic mass is 16.3. The highest BCUT2D eigenvalue weighted by molar-refractivity contribution is 6.07. The number of fused-ring (bicyclic) bond motifs is 3. The van der Waals surface area contributed by atoms with E-state index in [1.165, 1.54) is 10.8 Å². The van der Waals surface area contributed by atoms with E-state index in [4.69, 9.17) is 0 Å². The van der Waals surface area contributed by atoms with Crippen molar-refractivity contribution in [3.05, 3.63) is 48.5 Å². The highest BCUT2D eigenvalue weighted by Gasteiger charge is 2.25. The number of rotatable bonds is 4. The Balaban J connectivity index is 1.62. The normalized spacial score (nSPS) is 19.7. The van der Waals surface area contributed by atoms with Crippen LogP contribution in [0.25, 0.3) is 21.8 Å². The van der Waals surface area contributed by atoms with Gasteiger partial charge in [-0.2, -0.15) is 0 Å². The van der Waals surface area contributed by atoms with Gasteiger partial charge in [-0.25, -0.2) is 0 Å². The lowest BCUT2D eigenvalue weighted by atomic mass is 9.99. The molecule has 0 bridgehead atoms. The summed E-state index contributed by atoms with van der Waals surface area (Å²) < 4.78 is 2.17. The Morgan fingerprint density at radius 2 is 1.64 bits per heavy atom. The first-order valence-corrected chi connectivity index (χ1v) is 9.05. The molecule has 1 fully saturated rings. The van der Waals surface area contributed by atoms with Gasteiger partial charge in [0, 0.05) is 41.3 Å². The predicted molar refractivity (Wildman–Crippen MR) is 100 cm³/mol. The number of benzene rings is 2. The van der Waals surface area contributed by atoms with Gasteiger partial charge in [0.25, 0.3) is 0 Å². The number of carbonyl (C=O) groups is 1. The van der Waals surface area contributed by atoms with Crippen molar-refractivity contribution in [3.8, 4) is 0 Å². The van der Waals surface area contributed by atoms with Gasteiger partial charge >= 0.3 is 0 Å². The Kier molecular flexibility index (Phi) is 4.22. The van der Waals surface area contributed by atoms with Crippen molar-refractivity contribution in [1.29, 1.82) is 0 Å². The van der Waals surface area contributed by atoms with E-state index in [0.29, 0.717) is 25.4 Å². The first kappa shape index (κ1) is 16.2. The Hall–Kier alpha value is -2.33. The second-order valence-corrected chi connectivity index (χ2v) is 7.24. The number of hydrogen-bond acceptors (Lipinski definition) is 2. The van der Waals surface area contributed by atoms with Crippen molar-refractivity contribution < 1.29 is 9.90 Å². The molecule has 4 heteroatoms. The van der Waals surface area contributed by atoms with Crippen molar-refractivity contribution in [2.24, 2.45) is 5.92 Å². The third kappa shape index (κ3) is 3.02. The van der Waals surface area contributed by atoms with Crippen molar-refractivity contribution >= 4 is 27.7 Å². The quantitative estimate of drug-likeness (QED) is 0.793. The number of hydrogen-bond donors (Lipinski definition) is 1. The summed E-state index contributed by atoms with van der Waals surface area (Å²) in [5, 5.41) is 13.1. The van der Waals surface area contributed by atoms with Crippen molar-refractivity contribution in [2.75, 3.05) is 13.1 Å². The average Bonchev–Trinajstić information content (AvgIpc) is 2.93. The van der Waals surface area contributed by atoms with E-state index in [1.807, 2.05) is 29.2 Å². The van der Waals surface area contributed by atoms with Crippen molar-refractivity contribution in [1.82, 2.24) is 9.47 Å². The standard InChI is InChI=1S/C21H24N2O2/c1-15-10-11-21(25)22(12-15)13-16(24)14-23-19-8-4-2-6-17(19)18-7-3-5-9-20(18)23/h2-9,15-16,24H,10-14H2,1H3/t15-,16?/m1/s1. The van der Waals surface area contributed by atoms with Crippen LogP contribution in [0, 0.1) is 5.92 Å². The molecule has 1 saturated heterocycles. The molecule has 3 aromatic rings. The molecule has 4 rings (SSSR count). The number of carbonyl (C=O) groups excluding carboxylic acids is 1. The Morgan fingerprint density at radius 1 is 1.04 bits per heavy atom. The van der Waals surface area contributed by atoms with Crippen LogP contribution in [-0.4, -0.2) is 39.7 Å². The molecule has 2 heterocycles. The molecule has 0 aliphatic carbocycles. The molecule has 1 aromatic heterocycles. The van der Waals surface area contributed by atoms with E-state index in [0.717, 1.165) is 24.0 Å². The fourth-order valence-corrected chi connectivity index (χ4v) is 4.00. The molecule has 4 nitrogen and oxygen atoms in total. The smallest absolute Gasteiger partial charge is 0.222 e. The fraction of sp³-hybridized carbons (Fsp3) is 0.381. The van der Waals surface area contributed by atoms with Crippen LogP contribution in [0.15, 0.2) is 48.5 Å². The Labute approximate surface area is 147 Å². The topological polar surface area (TPSA) is 45.5 Å². The largest absolute Gasteiger partial charge is 0.389 e. The SMILES string of the molecule is C[C@@H]1CCC(=O)N(CC(O)Cn2c3ccccc3c3ccccc32)C1. The minimum atomic E-state index is -0.575. The molecule has 1 N–H and O–H groups in total. The molecule has 1 aliphatic rings. The molecule has 1 unspecified atom stereocenters. The zero-order valence-electron chi connectivity index (χ0n) is 14.6. The third-order valence-corrected chi connectivity index (χ3v) is 5.24. The molecule has 0 saturated carbocycles. The number of aromatic nitrogens is 1. The number of nitrogens with zero attached hydrogens (tertiary/aromatic N) is 2. The molecule has 1 aliphatic heterocycles. The fourth-order valence-electron chi connectivity index (χ4n) is 4.00. The molecule has 2 atom stereocenters. The van der Waals surface area contributed by atoms with Crippen LogP contribution in [0.3, 0.4) is 0 Å². The summed E-state index contributed by atoms with van der Waals surface area (Å²) in [5.41, 5.74) is 2.25. The second kappa shape index (κ2) is 6.52. The maximum absolute atomic E-state index is 12.1. The number of para-hydroxylation sites is 2. The number of β-amino-alcohol motifs (C(OH)–C–C–N with tert-alkyl or cyclic N) is 1. The van der Waals surface area contributed by atoms with Gasteiger partial charge in [-0.15, -0.1) is 0 Å². The van der Waals surface area contributed by atoms with Crippen LogP contribution in [-0.2, 0) is 11.3 Å².